The van der Waals surface area contributed by atoms with Gasteiger partial charge in [-0.05, 0) is 31.0 Å². The second kappa shape index (κ2) is 6.90. The average Bonchev–Trinajstić information content (AvgIpc) is 2.47. The Hall–Kier alpha value is -2.33. The van der Waals surface area contributed by atoms with Crippen LogP contribution >= 0.6 is 0 Å². The Balaban J connectivity index is 1.98. The number of anilines is 1. The van der Waals surface area contributed by atoms with Crippen molar-refractivity contribution in [3.05, 3.63) is 59.7 Å². The van der Waals surface area contributed by atoms with Crippen LogP contribution in [0.25, 0.3) is 0 Å². The molecule has 0 fully saturated rings. The molecule has 2 aromatic carbocycles. The van der Waals surface area contributed by atoms with Crippen molar-refractivity contribution in [3.8, 4) is 5.75 Å². The Morgan fingerprint density at radius 2 is 1.81 bits per heavy atom. The zero-order valence-corrected chi connectivity index (χ0v) is 11.9. The summed E-state index contributed by atoms with van der Waals surface area (Å²) in [5.74, 6) is 0.0565. The molecule has 3 N–H and O–H groups in total. The lowest BCUT2D eigenvalue weighted by Crippen LogP contribution is -2.14. The standard InChI is InChI=1S/C17H19NO3/c1-12(19)14-7-3-4-8-15(14)18-17(21)11-10-13-6-2-5-9-16(13)20/h2-9,12,19-20H,10-11H2,1H3,(H,18,21). The summed E-state index contributed by atoms with van der Waals surface area (Å²) in [6.07, 6.45) is 0.0980. The molecular formula is C17H19NO3. The van der Waals surface area contributed by atoms with Crippen molar-refractivity contribution in [2.45, 2.75) is 25.9 Å². The molecule has 0 aliphatic rings. The maximum Gasteiger partial charge on any atom is 0.224 e. The molecule has 2 aromatic rings. The molecule has 4 nitrogen and oxygen atoms in total. The van der Waals surface area contributed by atoms with E-state index in [9.17, 15) is 15.0 Å². The summed E-state index contributed by atoms with van der Waals surface area (Å²) >= 11 is 0. The number of hydrogen-bond acceptors (Lipinski definition) is 3. The molecule has 1 unspecified atom stereocenters. The van der Waals surface area contributed by atoms with Gasteiger partial charge in [-0.25, -0.2) is 0 Å². The first kappa shape index (κ1) is 15.1. The molecule has 1 amide bonds. The van der Waals surface area contributed by atoms with Gasteiger partial charge >= 0.3 is 0 Å². The predicted octanol–water partition coefficient (Wildman–Crippen LogP) is 3.02. The Labute approximate surface area is 124 Å². The van der Waals surface area contributed by atoms with E-state index in [1.807, 2.05) is 18.2 Å². The third kappa shape index (κ3) is 4.07. The van der Waals surface area contributed by atoms with Gasteiger partial charge in [0.05, 0.1) is 6.10 Å². The maximum atomic E-state index is 12.0. The van der Waals surface area contributed by atoms with E-state index in [-0.39, 0.29) is 18.1 Å². The number of benzene rings is 2. The normalized spacial score (nSPS) is 11.9. The van der Waals surface area contributed by atoms with Gasteiger partial charge in [-0.1, -0.05) is 36.4 Å². The van der Waals surface area contributed by atoms with E-state index >= 15 is 0 Å². The highest BCUT2D eigenvalue weighted by Crippen LogP contribution is 2.23. The molecule has 0 heterocycles. The van der Waals surface area contributed by atoms with Gasteiger partial charge in [-0.2, -0.15) is 0 Å². The number of nitrogens with one attached hydrogen (secondary N) is 1. The monoisotopic (exact) mass is 285 g/mol. The first-order valence-corrected chi connectivity index (χ1v) is 6.91. The molecule has 0 bridgehead atoms. The average molecular weight is 285 g/mol. The third-order valence-corrected chi connectivity index (χ3v) is 3.30. The van der Waals surface area contributed by atoms with Crippen LogP contribution in [-0.4, -0.2) is 16.1 Å². The van der Waals surface area contributed by atoms with E-state index in [0.717, 1.165) is 5.56 Å². The van der Waals surface area contributed by atoms with E-state index in [1.165, 1.54) is 0 Å². The molecular weight excluding hydrogens is 266 g/mol. The number of carbonyl (C=O) groups is 1. The minimum Gasteiger partial charge on any atom is -0.508 e. The minimum atomic E-state index is -0.639. The molecule has 1 atom stereocenters. The topological polar surface area (TPSA) is 69.6 Å². The summed E-state index contributed by atoms with van der Waals surface area (Å²) in [6, 6.07) is 14.2. The lowest BCUT2D eigenvalue weighted by Gasteiger charge is -2.13. The van der Waals surface area contributed by atoms with Crippen molar-refractivity contribution in [1.82, 2.24) is 0 Å². The van der Waals surface area contributed by atoms with E-state index in [4.69, 9.17) is 0 Å². The van der Waals surface area contributed by atoms with Crippen LogP contribution in [0.15, 0.2) is 48.5 Å². The molecule has 0 saturated carbocycles. The molecule has 21 heavy (non-hydrogen) atoms. The first-order valence-electron chi connectivity index (χ1n) is 6.91. The highest BCUT2D eigenvalue weighted by molar-refractivity contribution is 5.91. The van der Waals surface area contributed by atoms with Crippen LogP contribution in [0.1, 0.15) is 30.6 Å². The maximum absolute atomic E-state index is 12.0. The summed E-state index contributed by atoms with van der Waals surface area (Å²) in [7, 11) is 0. The predicted molar refractivity (Wildman–Crippen MR) is 82.1 cm³/mol. The lowest BCUT2D eigenvalue weighted by atomic mass is 10.1. The number of carbonyl (C=O) groups excluding carboxylic acids is 1. The van der Waals surface area contributed by atoms with Crippen molar-refractivity contribution in [2.75, 3.05) is 5.32 Å². The number of amides is 1. The van der Waals surface area contributed by atoms with Crippen molar-refractivity contribution in [2.24, 2.45) is 0 Å². The molecule has 2 rings (SSSR count). The third-order valence-electron chi connectivity index (χ3n) is 3.30. The smallest absolute Gasteiger partial charge is 0.224 e. The minimum absolute atomic E-state index is 0.147. The lowest BCUT2D eigenvalue weighted by molar-refractivity contribution is -0.116. The quantitative estimate of drug-likeness (QED) is 0.791. The summed E-state index contributed by atoms with van der Waals surface area (Å²) in [4.78, 5) is 12.0. The number of rotatable bonds is 5. The van der Waals surface area contributed by atoms with Crippen LogP contribution in [0.4, 0.5) is 5.69 Å². The fourth-order valence-electron chi connectivity index (χ4n) is 2.16. The van der Waals surface area contributed by atoms with Crippen LogP contribution in [-0.2, 0) is 11.2 Å². The van der Waals surface area contributed by atoms with E-state index < -0.39 is 6.10 Å². The van der Waals surface area contributed by atoms with Crippen LogP contribution < -0.4 is 5.32 Å². The summed E-state index contributed by atoms with van der Waals surface area (Å²) in [6.45, 7) is 1.66. The molecule has 110 valence electrons. The van der Waals surface area contributed by atoms with Gasteiger partial charge in [0.25, 0.3) is 0 Å². The number of phenols is 1. The van der Waals surface area contributed by atoms with Crippen molar-refractivity contribution in [3.63, 3.8) is 0 Å². The van der Waals surface area contributed by atoms with Crippen molar-refractivity contribution in [1.29, 1.82) is 0 Å². The van der Waals surface area contributed by atoms with Crippen LogP contribution in [0.2, 0.25) is 0 Å². The summed E-state index contributed by atoms with van der Waals surface area (Å²) in [5, 5.41) is 22.1. The second-order valence-corrected chi connectivity index (χ2v) is 4.94. The van der Waals surface area contributed by atoms with E-state index in [1.54, 1.807) is 37.3 Å². The van der Waals surface area contributed by atoms with Crippen LogP contribution in [0.3, 0.4) is 0 Å². The molecule has 0 aliphatic carbocycles. The highest BCUT2D eigenvalue weighted by Gasteiger charge is 2.10. The highest BCUT2D eigenvalue weighted by atomic mass is 16.3. The molecule has 0 spiro atoms. The van der Waals surface area contributed by atoms with Gasteiger partial charge in [0.1, 0.15) is 5.75 Å². The molecule has 0 aliphatic heterocycles. The number of aromatic hydroxyl groups is 1. The van der Waals surface area contributed by atoms with Gasteiger partial charge in [-0.15, -0.1) is 0 Å². The largest absolute Gasteiger partial charge is 0.508 e. The number of phenolic OH excluding ortho intramolecular Hbond substituents is 1. The zero-order valence-electron chi connectivity index (χ0n) is 11.9. The summed E-state index contributed by atoms with van der Waals surface area (Å²) in [5.41, 5.74) is 2.06. The molecule has 0 aromatic heterocycles. The Bertz CT molecular complexity index is 623. The number of para-hydroxylation sites is 2. The number of aliphatic hydroxyl groups is 1. The van der Waals surface area contributed by atoms with Crippen LogP contribution in [0.5, 0.6) is 5.75 Å². The Morgan fingerprint density at radius 3 is 2.52 bits per heavy atom. The van der Waals surface area contributed by atoms with Gasteiger partial charge < -0.3 is 15.5 Å². The second-order valence-electron chi connectivity index (χ2n) is 4.94. The number of aryl methyl sites for hydroxylation is 1. The zero-order chi connectivity index (χ0) is 15.2. The van der Waals surface area contributed by atoms with E-state index in [0.29, 0.717) is 17.7 Å². The molecule has 0 radical (unpaired) electrons. The van der Waals surface area contributed by atoms with Gasteiger partial charge in [0.2, 0.25) is 5.91 Å². The van der Waals surface area contributed by atoms with Crippen molar-refractivity contribution < 1.29 is 15.0 Å². The molecule has 0 saturated heterocycles. The van der Waals surface area contributed by atoms with Gasteiger partial charge in [-0.3, -0.25) is 4.79 Å². The SMILES string of the molecule is CC(O)c1ccccc1NC(=O)CCc1ccccc1O. The fourth-order valence-corrected chi connectivity index (χ4v) is 2.16. The number of aliphatic hydroxyl groups excluding tert-OH is 1. The Kier molecular flexibility index (Phi) is 4.95. The van der Waals surface area contributed by atoms with Crippen LogP contribution in [0, 0.1) is 0 Å². The van der Waals surface area contributed by atoms with Gasteiger partial charge in [0, 0.05) is 17.7 Å². The molecule has 4 heteroatoms. The van der Waals surface area contributed by atoms with E-state index in [2.05, 4.69) is 5.32 Å². The van der Waals surface area contributed by atoms with Crippen molar-refractivity contribution >= 4 is 11.6 Å². The Morgan fingerprint density at radius 1 is 1.14 bits per heavy atom. The number of hydrogen-bond donors (Lipinski definition) is 3. The summed E-state index contributed by atoms with van der Waals surface area (Å²) < 4.78 is 0. The van der Waals surface area contributed by atoms with Gasteiger partial charge in [0.15, 0.2) is 0 Å². The first-order chi connectivity index (χ1) is 10.1. The fraction of sp³-hybridized carbons (Fsp3) is 0.235.